The predicted molar refractivity (Wildman–Crippen MR) is 112 cm³/mol. The van der Waals surface area contributed by atoms with E-state index in [9.17, 15) is 9.59 Å². The van der Waals surface area contributed by atoms with E-state index in [1.54, 1.807) is 17.5 Å². The first-order valence-electron chi connectivity index (χ1n) is 9.42. The highest BCUT2D eigenvalue weighted by molar-refractivity contribution is 7.14. The lowest BCUT2D eigenvalue weighted by molar-refractivity contribution is -0.131. The molecule has 0 radical (unpaired) electrons. The number of carbonyl (C=O) groups excluding carboxylic acids is 2. The molecule has 6 nitrogen and oxygen atoms in total. The van der Waals surface area contributed by atoms with E-state index in [4.69, 9.17) is 16.0 Å². The van der Waals surface area contributed by atoms with Crippen LogP contribution in [-0.2, 0) is 17.6 Å². The number of hydrogen-bond donors (Lipinski definition) is 1. The van der Waals surface area contributed by atoms with E-state index >= 15 is 0 Å². The van der Waals surface area contributed by atoms with Crippen molar-refractivity contribution in [3.05, 3.63) is 70.1 Å². The van der Waals surface area contributed by atoms with E-state index in [1.165, 1.54) is 17.6 Å². The lowest BCUT2D eigenvalue weighted by Gasteiger charge is -2.25. The highest BCUT2D eigenvalue weighted by Crippen LogP contribution is 2.26. The molecule has 1 saturated heterocycles. The summed E-state index contributed by atoms with van der Waals surface area (Å²) in [6, 6.07) is 11.2. The van der Waals surface area contributed by atoms with Crippen LogP contribution in [0.3, 0.4) is 0 Å². The summed E-state index contributed by atoms with van der Waals surface area (Å²) in [5.74, 6) is -0.0901. The number of halogens is 1. The summed E-state index contributed by atoms with van der Waals surface area (Å²) < 4.78 is 5.07. The molecule has 1 fully saturated rings. The quantitative estimate of drug-likeness (QED) is 0.629. The van der Waals surface area contributed by atoms with Gasteiger partial charge in [-0.25, -0.2) is 4.98 Å². The Kier molecular flexibility index (Phi) is 5.97. The summed E-state index contributed by atoms with van der Waals surface area (Å²) in [6.07, 6.45) is 4.37. The van der Waals surface area contributed by atoms with Gasteiger partial charge in [-0.15, -0.1) is 11.3 Å². The first-order chi connectivity index (χ1) is 14.1. The molecule has 0 bridgehead atoms. The molecule has 3 aromatic rings. The fraction of sp³-hybridized carbons (Fsp3) is 0.286. The Labute approximate surface area is 177 Å². The highest BCUT2D eigenvalue weighted by Gasteiger charge is 2.29. The summed E-state index contributed by atoms with van der Waals surface area (Å²) in [5.41, 5.74) is 1.72. The Balaban J connectivity index is 1.37. The van der Waals surface area contributed by atoms with Crippen LogP contribution in [-0.4, -0.2) is 34.3 Å². The molecule has 3 heterocycles. The zero-order chi connectivity index (χ0) is 20.2. The van der Waals surface area contributed by atoms with Crippen molar-refractivity contribution in [1.29, 1.82) is 0 Å². The summed E-state index contributed by atoms with van der Waals surface area (Å²) >= 11 is 7.58. The maximum absolute atomic E-state index is 12.9. The number of amides is 2. The van der Waals surface area contributed by atoms with Gasteiger partial charge < -0.3 is 9.32 Å². The molecule has 0 saturated carbocycles. The van der Waals surface area contributed by atoms with Crippen LogP contribution in [0.5, 0.6) is 0 Å². The fourth-order valence-corrected chi connectivity index (χ4v) is 4.48. The largest absolute Gasteiger partial charge is 0.459 e. The van der Waals surface area contributed by atoms with Gasteiger partial charge in [0.2, 0.25) is 5.91 Å². The minimum Gasteiger partial charge on any atom is -0.459 e. The second-order valence-electron chi connectivity index (χ2n) is 6.93. The number of nitrogens with one attached hydrogen (secondary N) is 1. The number of likely N-dealkylation sites (tertiary alicyclic amines) is 1. The van der Waals surface area contributed by atoms with Gasteiger partial charge in [0.1, 0.15) is 0 Å². The summed E-state index contributed by atoms with van der Waals surface area (Å²) in [5, 5.41) is 5.68. The third kappa shape index (κ3) is 4.68. The maximum Gasteiger partial charge on any atom is 0.293 e. The number of nitrogens with zero attached hydrogens (tertiary/aromatic N) is 2. The Morgan fingerprint density at radius 3 is 2.93 bits per heavy atom. The second kappa shape index (κ2) is 8.80. The standard InChI is InChI=1S/C21H20ClN3O3S/c22-17-7-2-1-5-14(17)11-16-6-3-9-25(16)19(26)12-15-13-29-21(23-15)24-20(27)18-8-4-10-28-18/h1-2,4-5,7-8,10,13,16H,3,6,9,11-12H2,(H,23,24,27). The maximum atomic E-state index is 12.9. The van der Waals surface area contributed by atoms with Gasteiger partial charge in [0.05, 0.1) is 18.4 Å². The van der Waals surface area contributed by atoms with Crippen molar-refractivity contribution in [2.45, 2.75) is 31.7 Å². The van der Waals surface area contributed by atoms with Crippen LogP contribution in [0.15, 0.2) is 52.5 Å². The zero-order valence-electron chi connectivity index (χ0n) is 15.6. The molecule has 2 amide bonds. The van der Waals surface area contributed by atoms with Crippen molar-refractivity contribution in [1.82, 2.24) is 9.88 Å². The molecule has 8 heteroatoms. The molecule has 4 rings (SSSR count). The van der Waals surface area contributed by atoms with Gasteiger partial charge in [-0.1, -0.05) is 29.8 Å². The molecule has 1 unspecified atom stereocenters. The molecule has 1 atom stereocenters. The third-order valence-corrected chi connectivity index (χ3v) is 6.14. The van der Waals surface area contributed by atoms with Gasteiger partial charge >= 0.3 is 0 Å². The molecular formula is C21H20ClN3O3S. The Morgan fingerprint density at radius 1 is 1.28 bits per heavy atom. The normalized spacial score (nSPS) is 16.2. The second-order valence-corrected chi connectivity index (χ2v) is 8.20. The third-order valence-electron chi connectivity index (χ3n) is 4.96. The fourth-order valence-electron chi connectivity index (χ4n) is 3.56. The van der Waals surface area contributed by atoms with Crippen molar-refractivity contribution < 1.29 is 14.0 Å². The van der Waals surface area contributed by atoms with Crippen molar-refractivity contribution in [2.75, 3.05) is 11.9 Å². The lowest BCUT2D eigenvalue weighted by atomic mass is 10.0. The van der Waals surface area contributed by atoms with Gasteiger partial charge in [0, 0.05) is 23.0 Å². The SMILES string of the molecule is O=C(Nc1nc(CC(=O)N2CCCC2Cc2ccccc2Cl)cs1)c1ccco1. The molecule has 0 aliphatic carbocycles. The molecule has 1 N–H and O–H groups in total. The van der Waals surface area contributed by atoms with Gasteiger partial charge in [-0.3, -0.25) is 14.9 Å². The topological polar surface area (TPSA) is 75.4 Å². The van der Waals surface area contributed by atoms with E-state index in [1.807, 2.05) is 29.2 Å². The van der Waals surface area contributed by atoms with Crippen LogP contribution in [0.25, 0.3) is 0 Å². The number of thiazole rings is 1. The van der Waals surface area contributed by atoms with E-state index in [-0.39, 0.29) is 30.0 Å². The predicted octanol–water partition coefficient (Wildman–Crippen LogP) is 4.42. The summed E-state index contributed by atoms with van der Waals surface area (Å²) in [4.78, 5) is 31.2. The summed E-state index contributed by atoms with van der Waals surface area (Å²) in [7, 11) is 0. The van der Waals surface area contributed by atoms with Crippen LogP contribution in [0.2, 0.25) is 5.02 Å². The smallest absolute Gasteiger partial charge is 0.293 e. The van der Waals surface area contributed by atoms with Gasteiger partial charge in [0.15, 0.2) is 10.9 Å². The van der Waals surface area contributed by atoms with E-state index in [0.717, 1.165) is 36.4 Å². The molecule has 150 valence electrons. The molecule has 29 heavy (non-hydrogen) atoms. The number of aromatic nitrogens is 1. The van der Waals surface area contributed by atoms with Crippen molar-refractivity contribution >= 4 is 39.9 Å². The number of anilines is 1. The minimum absolute atomic E-state index is 0.0498. The van der Waals surface area contributed by atoms with Crippen LogP contribution in [0.4, 0.5) is 5.13 Å². The number of rotatable bonds is 6. The Morgan fingerprint density at radius 2 is 2.14 bits per heavy atom. The molecule has 1 aliphatic heterocycles. The molecule has 2 aromatic heterocycles. The van der Waals surface area contributed by atoms with Gasteiger partial charge in [-0.2, -0.15) is 0 Å². The highest BCUT2D eigenvalue weighted by atomic mass is 35.5. The molecule has 1 aliphatic rings. The molecule has 0 spiro atoms. The Hall–Kier alpha value is -2.64. The zero-order valence-corrected chi connectivity index (χ0v) is 17.2. The van der Waals surface area contributed by atoms with E-state index < -0.39 is 0 Å². The Bertz CT molecular complexity index is 1000. The van der Waals surface area contributed by atoms with Crippen LogP contribution >= 0.6 is 22.9 Å². The minimum atomic E-state index is -0.360. The molecular weight excluding hydrogens is 410 g/mol. The number of benzene rings is 1. The van der Waals surface area contributed by atoms with E-state index in [0.29, 0.717) is 10.8 Å². The van der Waals surface area contributed by atoms with Crippen LogP contribution < -0.4 is 5.32 Å². The lowest BCUT2D eigenvalue weighted by Crippen LogP contribution is -2.37. The first-order valence-corrected chi connectivity index (χ1v) is 10.7. The summed E-state index contributed by atoms with van der Waals surface area (Å²) in [6.45, 7) is 0.750. The van der Waals surface area contributed by atoms with Crippen LogP contribution in [0, 0.1) is 0 Å². The molecule has 1 aromatic carbocycles. The first kappa shape index (κ1) is 19.7. The van der Waals surface area contributed by atoms with Gasteiger partial charge in [-0.05, 0) is 43.0 Å². The van der Waals surface area contributed by atoms with Gasteiger partial charge in [0.25, 0.3) is 5.91 Å². The van der Waals surface area contributed by atoms with Crippen molar-refractivity contribution in [3.8, 4) is 0 Å². The van der Waals surface area contributed by atoms with Crippen LogP contribution in [0.1, 0.15) is 34.7 Å². The average molecular weight is 430 g/mol. The van der Waals surface area contributed by atoms with Crippen molar-refractivity contribution in [2.24, 2.45) is 0 Å². The van der Waals surface area contributed by atoms with Crippen molar-refractivity contribution in [3.63, 3.8) is 0 Å². The number of hydrogen-bond acceptors (Lipinski definition) is 5. The average Bonchev–Trinajstić information content (AvgIpc) is 3.45. The number of carbonyl (C=O) groups is 2. The van der Waals surface area contributed by atoms with E-state index in [2.05, 4.69) is 10.3 Å². The monoisotopic (exact) mass is 429 g/mol. The number of furan rings is 1.